The molecule has 0 fully saturated rings. The van der Waals surface area contributed by atoms with Gasteiger partial charge in [0.25, 0.3) is 0 Å². The van der Waals surface area contributed by atoms with Crippen molar-refractivity contribution in [3.63, 3.8) is 0 Å². The monoisotopic (exact) mass is 230 g/mol. The molecule has 0 aliphatic carbocycles. The van der Waals surface area contributed by atoms with Crippen LogP contribution in [0.25, 0.3) is 0 Å². The van der Waals surface area contributed by atoms with Gasteiger partial charge in [0.15, 0.2) is 0 Å². The van der Waals surface area contributed by atoms with E-state index in [2.05, 4.69) is 15.9 Å². The Morgan fingerprint density at radius 2 is 1.90 bits per heavy atom. The minimum Gasteiger partial charge on any atom is -0.312 e. The van der Waals surface area contributed by atoms with Crippen LogP contribution in [0.5, 0.6) is 0 Å². The summed E-state index contributed by atoms with van der Waals surface area (Å²) in [5.41, 5.74) is 0. The fourth-order valence-electron chi connectivity index (χ4n) is 0.511. The second-order valence-electron chi connectivity index (χ2n) is 1.74. The van der Waals surface area contributed by atoms with Crippen LogP contribution < -0.4 is 0 Å². The Kier molecular flexibility index (Phi) is 5.64. The molecule has 0 aromatic heterocycles. The van der Waals surface area contributed by atoms with Crippen LogP contribution in [0, 0.1) is 0 Å². The minimum atomic E-state index is -2.73. The Hall–Kier alpha value is 0.630. The van der Waals surface area contributed by atoms with E-state index in [0.717, 1.165) is 11.8 Å². The molecule has 62 valence electrons. The van der Waals surface area contributed by atoms with Crippen molar-refractivity contribution in [2.75, 3.05) is 25.7 Å². The second kappa shape index (κ2) is 5.30. The van der Waals surface area contributed by atoms with Gasteiger partial charge in [-0.25, -0.2) is 0 Å². The Morgan fingerprint density at radius 3 is 2.20 bits per heavy atom. The zero-order valence-corrected chi connectivity index (χ0v) is 8.65. The maximum Gasteiger partial charge on any atom is 0.330 e. The largest absolute Gasteiger partial charge is 0.330 e. The van der Waals surface area contributed by atoms with Crippen molar-refractivity contribution in [1.82, 2.24) is 0 Å². The molecule has 0 N–H and O–H groups in total. The van der Waals surface area contributed by atoms with Crippen molar-refractivity contribution in [1.29, 1.82) is 0 Å². The molecule has 0 atom stereocenters. The predicted octanol–water partition coefficient (Wildman–Crippen LogP) is 2.26. The van der Waals surface area contributed by atoms with Gasteiger partial charge in [0.1, 0.15) is 0 Å². The summed E-state index contributed by atoms with van der Waals surface area (Å²) in [6.07, 6.45) is 1.28. The lowest BCUT2D eigenvalue weighted by Gasteiger charge is -2.11. The molecule has 0 aromatic rings. The van der Waals surface area contributed by atoms with E-state index in [4.69, 9.17) is 9.05 Å². The summed E-state index contributed by atoms with van der Waals surface area (Å²) in [7, 11) is 0.0749. The smallest absolute Gasteiger partial charge is 0.312 e. The Morgan fingerprint density at radius 1 is 1.40 bits per heavy atom. The highest BCUT2D eigenvalue weighted by molar-refractivity contribution is 9.09. The van der Waals surface area contributed by atoms with Crippen molar-refractivity contribution in [2.45, 2.75) is 6.42 Å². The first-order valence-corrected chi connectivity index (χ1v) is 5.80. The Bertz CT molecular complexity index is 120. The van der Waals surface area contributed by atoms with Crippen molar-refractivity contribution < 1.29 is 13.6 Å². The molecule has 0 heterocycles. The van der Waals surface area contributed by atoms with Gasteiger partial charge < -0.3 is 9.05 Å². The van der Waals surface area contributed by atoms with Gasteiger partial charge in [-0.3, -0.25) is 4.57 Å². The summed E-state index contributed by atoms with van der Waals surface area (Å²) in [5, 5.41) is 0.823. The van der Waals surface area contributed by atoms with Gasteiger partial charge in [-0.1, -0.05) is 15.9 Å². The zero-order valence-electron chi connectivity index (χ0n) is 6.17. The molecule has 0 bridgehead atoms. The van der Waals surface area contributed by atoms with Gasteiger partial charge in [-0.05, 0) is 6.42 Å². The number of alkyl halides is 1. The van der Waals surface area contributed by atoms with E-state index in [1.54, 1.807) is 0 Å². The molecule has 0 aliphatic heterocycles. The molecule has 0 aromatic carbocycles. The topological polar surface area (TPSA) is 35.5 Å². The molecular weight excluding hydrogens is 219 g/mol. The van der Waals surface area contributed by atoms with E-state index in [-0.39, 0.29) is 0 Å². The molecule has 0 radical (unpaired) electrons. The third-order valence-corrected chi connectivity index (χ3v) is 3.66. The summed E-state index contributed by atoms with van der Waals surface area (Å²) in [6.45, 7) is 0. The number of hydrogen-bond acceptors (Lipinski definition) is 3. The molecule has 10 heavy (non-hydrogen) atoms. The fourth-order valence-corrected chi connectivity index (χ4v) is 2.28. The van der Waals surface area contributed by atoms with Crippen LogP contribution >= 0.6 is 23.5 Å². The van der Waals surface area contributed by atoms with Crippen LogP contribution in [-0.2, 0) is 13.6 Å². The van der Waals surface area contributed by atoms with Gasteiger partial charge in [0, 0.05) is 19.5 Å². The number of rotatable bonds is 5. The van der Waals surface area contributed by atoms with E-state index < -0.39 is 7.60 Å². The lowest BCUT2D eigenvalue weighted by Crippen LogP contribution is -1.94. The first-order chi connectivity index (χ1) is 4.68. The summed E-state index contributed by atoms with van der Waals surface area (Å²) >= 11 is 3.23. The first kappa shape index (κ1) is 10.6. The van der Waals surface area contributed by atoms with Crippen LogP contribution in [0.4, 0.5) is 0 Å². The highest BCUT2D eigenvalue weighted by atomic mass is 79.9. The van der Waals surface area contributed by atoms with E-state index in [1.165, 1.54) is 14.2 Å². The fraction of sp³-hybridized carbons (Fsp3) is 1.00. The van der Waals surface area contributed by atoms with Crippen LogP contribution in [0.2, 0.25) is 0 Å². The molecule has 3 nitrogen and oxygen atoms in total. The van der Waals surface area contributed by atoms with Gasteiger partial charge in [-0.2, -0.15) is 0 Å². The minimum absolute atomic E-state index is 0.477. The molecular formula is C5H12BrO3P. The predicted molar refractivity (Wildman–Crippen MR) is 44.9 cm³/mol. The maximum atomic E-state index is 11.2. The SMILES string of the molecule is COP(=O)(CCCBr)OC. The Labute approximate surface area is 69.8 Å². The van der Waals surface area contributed by atoms with Crippen molar-refractivity contribution in [2.24, 2.45) is 0 Å². The van der Waals surface area contributed by atoms with Crippen molar-refractivity contribution in [3.05, 3.63) is 0 Å². The molecule has 0 unspecified atom stereocenters. The van der Waals surface area contributed by atoms with Gasteiger partial charge in [0.2, 0.25) is 0 Å². The summed E-state index contributed by atoms with van der Waals surface area (Å²) in [6, 6.07) is 0. The van der Waals surface area contributed by atoms with E-state index in [0.29, 0.717) is 6.16 Å². The molecule has 0 aliphatic rings. The van der Waals surface area contributed by atoms with Crippen molar-refractivity contribution in [3.8, 4) is 0 Å². The van der Waals surface area contributed by atoms with Crippen LogP contribution in [0.1, 0.15) is 6.42 Å². The lowest BCUT2D eigenvalue weighted by atomic mass is 10.6. The molecule has 0 rings (SSSR count). The number of halogens is 1. The van der Waals surface area contributed by atoms with E-state index in [1.807, 2.05) is 0 Å². The summed E-state index contributed by atoms with van der Waals surface area (Å²) in [4.78, 5) is 0. The average Bonchev–Trinajstić information content (AvgIpc) is 2.00. The highest BCUT2D eigenvalue weighted by Gasteiger charge is 2.18. The highest BCUT2D eigenvalue weighted by Crippen LogP contribution is 2.46. The molecule has 0 spiro atoms. The van der Waals surface area contributed by atoms with Crippen LogP contribution in [0.3, 0.4) is 0 Å². The van der Waals surface area contributed by atoms with E-state index in [9.17, 15) is 4.57 Å². The second-order valence-corrected chi connectivity index (χ2v) is 4.93. The zero-order chi connectivity index (χ0) is 8.04. The standard InChI is InChI=1S/C5H12BrO3P/c1-8-10(7,9-2)5-3-4-6/h3-5H2,1-2H3. The third-order valence-electron chi connectivity index (χ3n) is 1.12. The first-order valence-electron chi connectivity index (χ1n) is 2.95. The molecule has 0 saturated carbocycles. The molecule has 5 heteroatoms. The number of hydrogen-bond donors (Lipinski definition) is 0. The van der Waals surface area contributed by atoms with Gasteiger partial charge in [0.05, 0.1) is 6.16 Å². The Balaban J connectivity index is 3.70. The van der Waals surface area contributed by atoms with Crippen molar-refractivity contribution >= 4 is 23.5 Å². The quantitative estimate of drug-likeness (QED) is 0.537. The lowest BCUT2D eigenvalue weighted by molar-refractivity contribution is 0.276. The third kappa shape index (κ3) is 3.71. The van der Waals surface area contributed by atoms with Gasteiger partial charge in [-0.15, -0.1) is 0 Å². The van der Waals surface area contributed by atoms with Crippen LogP contribution in [-0.4, -0.2) is 25.7 Å². The van der Waals surface area contributed by atoms with Crippen LogP contribution in [0.15, 0.2) is 0 Å². The summed E-state index contributed by atoms with van der Waals surface area (Å²) < 4.78 is 20.6. The average molecular weight is 231 g/mol. The summed E-state index contributed by atoms with van der Waals surface area (Å²) in [5.74, 6) is 0. The molecule has 0 saturated heterocycles. The molecule has 0 amide bonds. The van der Waals surface area contributed by atoms with E-state index >= 15 is 0 Å². The normalized spacial score (nSPS) is 11.9. The maximum absolute atomic E-state index is 11.2. The van der Waals surface area contributed by atoms with Gasteiger partial charge >= 0.3 is 7.60 Å².